The van der Waals surface area contributed by atoms with Gasteiger partial charge in [0.05, 0.1) is 5.92 Å². The van der Waals surface area contributed by atoms with Crippen LogP contribution in [0.3, 0.4) is 0 Å². The van der Waals surface area contributed by atoms with Crippen molar-refractivity contribution in [3.63, 3.8) is 0 Å². The molecule has 1 N–H and O–H groups in total. The maximum atomic E-state index is 13.4. The molecule has 2 unspecified atom stereocenters. The summed E-state index contributed by atoms with van der Waals surface area (Å²) in [7, 11) is 0. The first-order chi connectivity index (χ1) is 13.1. The summed E-state index contributed by atoms with van der Waals surface area (Å²) < 4.78 is 0. The molecule has 1 aliphatic rings. The second-order valence-electron chi connectivity index (χ2n) is 8.01. The number of amides is 1. The Balaban J connectivity index is 1.82. The highest BCUT2D eigenvalue weighted by Crippen LogP contribution is 2.27. The minimum Gasteiger partial charge on any atom is -0.337 e. The number of benzene rings is 2. The zero-order valence-corrected chi connectivity index (χ0v) is 16.6. The van der Waals surface area contributed by atoms with Gasteiger partial charge < -0.3 is 10.2 Å². The lowest BCUT2D eigenvalue weighted by molar-refractivity contribution is -0.137. The summed E-state index contributed by atoms with van der Waals surface area (Å²) in [5.74, 6) is 1.22. The van der Waals surface area contributed by atoms with E-state index >= 15 is 0 Å². The second-order valence-corrected chi connectivity index (χ2v) is 8.01. The van der Waals surface area contributed by atoms with Gasteiger partial charge in [-0.2, -0.15) is 0 Å². The smallest absolute Gasteiger partial charge is 0.227 e. The van der Waals surface area contributed by atoms with Gasteiger partial charge in [0.15, 0.2) is 0 Å². The molecule has 3 heteroatoms. The molecular weight excluding hydrogens is 332 g/mol. The van der Waals surface area contributed by atoms with Crippen LogP contribution in [0.2, 0.25) is 0 Å². The average Bonchev–Trinajstić information content (AvgIpc) is 2.72. The number of hydrogen-bond donors (Lipinski definition) is 1. The molecule has 2 atom stereocenters. The number of hydrogen-bond acceptors (Lipinski definition) is 2. The standard InChI is InChI=1S/C24H32N2O/c1-19(2)23(21-12-7-4-8-13-21)18-26(17-20-10-5-3-6-11-20)24(27)22-14-9-15-25-16-22/h3-8,10-13,19,22-23,25H,9,14-18H2,1-2H3. The lowest BCUT2D eigenvalue weighted by Gasteiger charge is -2.34. The quantitative estimate of drug-likeness (QED) is 0.787. The van der Waals surface area contributed by atoms with Crippen LogP contribution in [0.25, 0.3) is 0 Å². The molecular formula is C24H32N2O. The van der Waals surface area contributed by atoms with Gasteiger partial charge in [-0.1, -0.05) is 74.5 Å². The first kappa shape index (κ1) is 19.6. The molecule has 0 aliphatic carbocycles. The average molecular weight is 365 g/mol. The topological polar surface area (TPSA) is 32.3 Å². The summed E-state index contributed by atoms with van der Waals surface area (Å²) in [6, 6.07) is 21.0. The van der Waals surface area contributed by atoms with Crippen molar-refractivity contribution in [3.8, 4) is 0 Å². The Morgan fingerprint density at radius 1 is 1.07 bits per heavy atom. The lowest BCUT2D eigenvalue weighted by Crippen LogP contribution is -2.44. The number of carbonyl (C=O) groups excluding carboxylic acids is 1. The third-order valence-corrected chi connectivity index (χ3v) is 5.62. The molecule has 1 heterocycles. The maximum absolute atomic E-state index is 13.4. The zero-order chi connectivity index (χ0) is 19.1. The molecule has 27 heavy (non-hydrogen) atoms. The molecule has 3 rings (SSSR count). The fraction of sp³-hybridized carbons (Fsp3) is 0.458. The Morgan fingerprint density at radius 3 is 2.33 bits per heavy atom. The van der Waals surface area contributed by atoms with Crippen molar-refractivity contribution < 1.29 is 4.79 Å². The largest absolute Gasteiger partial charge is 0.337 e. The molecule has 0 radical (unpaired) electrons. The van der Waals surface area contributed by atoms with E-state index in [-0.39, 0.29) is 5.92 Å². The molecule has 144 valence electrons. The molecule has 2 aromatic carbocycles. The molecule has 2 aromatic rings. The summed E-state index contributed by atoms with van der Waals surface area (Å²) >= 11 is 0. The zero-order valence-electron chi connectivity index (χ0n) is 16.6. The van der Waals surface area contributed by atoms with E-state index in [1.807, 2.05) is 6.07 Å². The Bertz CT molecular complexity index is 693. The summed E-state index contributed by atoms with van der Waals surface area (Å²) in [6.45, 7) is 7.80. The van der Waals surface area contributed by atoms with Crippen LogP contribution in [-0.4, -0.2) is 30.4 Å². The summed E-state index contributed by atoms with van der Waals surface area (Å²) in [5.41, 5.74) is 2.52. The third kappa shape index (κ3) is 5.43. The summed E-state index contributed by atoms with van der Waals surface area (Å²) in [4.78, 5) is 15.5. The Kier molecular flexibility index (Phi) is 7.05. The predicted octanol–water partition coefficient (Wildman–Crippen LogP) is 4.45. The first-order valence-electron chi connectivity index (χ1n) is 10.2. The van der Waals surface area contributed by atoms with E-state index < -0.39 is 0 Å². The fourth-order valence-corrected chi connectivity index (χ4v) is 4.00. The Morgan fingerprint density at radius 2 is 1.74 bits per heavy atom. The van der Waals surface area contributed by atoms with E-state index in [9.17, 15) is 4.79 Å². The van der Waals surface area contributed by atoms with Crippen LogP contribution in [0.15, 0.2) is 60.7 Å². The van der Waals surface area contributed by atoms with Gasteiger partial charge >= 0.3 is 0 Å². The van der Waals surface area contributed by atoms with E-state index in [1.165, 1.54) is 11.1 Å². The van der Waals surface area contributed by atoms with Crippen molar-refractivity contribution in [2.75, 3.05) is 19.6 Å². The van der Waals surface area contributed by atoms with Crippen LogP contribution >= 0.6 is 0 Å². The van der Waals surface area contributed by atoms with Crippen molar-refractivity contribution in [2.45, 2.75) is 39.2 Å². The van der Waals surface area contributed by atoms with Gasteiger partial charge in [-0.05, 0) is 36.4 Å². The first-order valence-corrected chi connectivity index (χ1v) is 10.2. The highest BCUT2D eigenvalue weighted by Gasteiger charge is 2.29. The maximum Gasteiger partial charge on any atom is 0.227 e. The van der Waals surface area contributed by atoms with E-state index in [4.69, 9.17) is 0 Å². The lowest BCUT2D eigenvalue weighted by atomic mass is 9.87. The Hall–Kier alpha value is -2.13. The Labute approximate surface area is 163 Å². The van der Waals surface area contributed by atoms with Gasteiger partial charge in [0.1, 0.15) is 0 Å². The van der Waals surface area contributed by atoms with E-state index in [1.54, 1.807) is 0 Å². The highest BCUT2D eigenvalue weighted by molar-refractivity contribution is 5.79. The van der Waals surface area contributed by atoms with Gasteiger partial charge in [-0.25, -0.2) is 0 Å². The summed E-state index contributed by atoms with van der Waals surface area (Å²) in [6.07, 6.45) is 2.08. The van der Waals surface area contributed by atoms with Crippen LogP contribution in [0.1, 0.15) is 43.7 Å². The molecule has 1 amide bonds. The molecule has 0 aromatic heterocycles. The van der Waals surface area contributed by atoms with E-state index in [0.29, 0.717) is 24.3 Å². The fourth-order valence-electron chi connectivity index (χ4n) is 4.00. The minimum absolute atomic E-state index is 0.103. The molecule has 1 aliphatic heterocycles. The van der Waals surface area contributed by atoms with Gasteiger partial charge in [0.2, 0.25) is 5.91 Å². The predicted molar refractivity (Wildman–Crippen MR) is 111 cm³/mol. The van der Waals surface area contributed by atoms with Gasteiger partial charge in [0.25, 0.3) is 0 Å². The SMILES string of the molecule is CC(C)C(CN(Cc1ccccc1)C(=O)C1CCCNC1)c1ccccc1. The van der Waals surface area contributed by atoms with Crippen LogP contribution in [0.4, 0.5) is 0 Å². The van der Waals surface area contributed by atoms with Crippen LogP contribution in [-0.2, 0) is 11.3 Å². The van der Waals surface area contributed by atoms with Crippen molar-refractivity contribution >= 4 is 5.91 Å². The second kappa shape index (κ2) is 9.70. The van der Waals surface area contributed by atoms with Crippen molar-refractivity contribution in [1.29, 1.82) is 0 Å². The van der Waals surface area contributed by atoms with Crippen LogP contribution in [0, 0.1) is 11.8 Å². The van der Waals surface area contributed by atoms with Crippen LogP contribution < -0.4 is 5.32 Å². The highest BCUT2D eigenvalue weighted by atomic mass is 16.2. The number of nitrogens with one attached hydrogen (secondary N) is 1. The van der Waals surface area contributed by atoms with Gasteiger partial charge in [-0.3, -0.25) is 4.79 Å². The molecule has 0 spiro atoms. The molecule has 1 fully saturated rings. The number of rotatable bonds is 7. The van der Waals surface area contributed by atoms with Crippen molar-refractivity contribution in [1.82, 2.24) is 10.2 Å². The number of carbonyl (C=O) groups is 1. The third-order valence-electron chi connectivity index (χ3n) is 5.62. The molecule has 3 nitrogen and oxygen atoms in total. The van der Waals surface area contributed by atoms with Crippen molar-refractivity contribution in [3.05, 3.63) is 71.8 Å². The molecule has 0 saturated carbocycles. The molecule has 1 saturated heterocycles. The van der Waals surface area contributed by atoms with E-state index in [2.05, 4.69) is 78.7 Å². The van der Waals surface area contributed by atoms with Crippen LogP contribution in [0.5, 0.6) is 0 Å². The number of nitrogens with zero attached hydrogens (tertiary/aromatic N) is 1. The van der Waals surface area contributed by atoms with Gasteiger partial charge in [0, 0.05) is 25.6 Å². The normalized spacial score (nSPS) is 18.3. The van der Waals surface area contributed by atoms with Crippen molar-refractivity contribution in [2.24, 2.45) is 11.8 Å². The molecule has 0 bridgehead atoms. The summed E-state index contributed by atoms with van der Waals surface area (Å²) in [5, 5.41) is 3.39. The number of piperidine rings is 1. The van der Waals surface area contributed by atoms with E-state index in [0.717, 1.165) is 32.5 Å². The minimum atomic E-state index is 0.103. The monoisotopic (exact) mass is 364 g/mol. The van der Waals surface area contributed by atoms with Gasteiger partial charge in [-0.15, -0.1) is 0 Å².